The zero-order valence-electron chi connectivity index (χ0n) is 10.4. The number of benzene rings is 1. The van der Waals surface area contributed by atoms with Gasteiger partial charge in [-0.1, -0.05) is 0 Å². The van der Waals surface area contributed by atoms with Crippen LogP contribution in [0.1, 0.15) is 24.8 Å². The van der Waals surface area contributed by atoms with E-state index < -0.39 is 0 Å². The topological polar surface area (TPSA) is 21.3 Å². The van der Waals surface area contributed by atoms with Crippen molar-refractivity contribution in [1.29, 1.82) is 0 Å². The van der Waals surface area contributed by atoms with Crippen molar-refractivity contribution in [2.75, 3.05) is 11.9 Å². The second-order valence-electron chi connectivity index (χ2n) is 3.97. The van der Waals surface area contributed by atoms with Crippen LogP contribution in [0.15, 0.2) is 40.2 Å². The minimum absolute atomic E-state index is 0.305. The van der Waals surface area contributed by atoms with Crippen LogP contribution in [0.5, 0.6) is 5.75 Å². The minimum Gasteiger partial charge on any atom is -0.494 e. The summed E-state index contributed by atoms with van der Waals surface area (Å²) < 4.78 is 6.59. The summed E-state index contributed by atoms with van der Waals surface area (Å²) in [6.45, 7) is 4.85. The molecule has 1 unspecified atom stereocenters. The van der Waals surface area contributed by atoms with Crippen molar-refractivity contribution in [2.24, 2.45) is 0 Å². The summed E-state index contributed by atoms with van der Waals surface area (Å²) in [4.78, 5) is 1.32. The SMILES string of the molecule is CCOc1ccc(NC(C)c2ccc(Br)s2)cc1. The Kier molecular flexibility index (Phi) is 4.66. The normalized spacial score (nSPS) is 12.2. The fraction of sp³-hybridized carbons (Fsp3) is 0.286. The Balaban J connectivity index is 2.00. The number of halogens is 1. The number of hydrogen-bond acceptors (Lipinski definition) is 3. The number of hydrogen-bond donors (Lipinski definition) is 1. The number of anilines is 1. The standard InChI is InChI=1S/C14H16BrNOS/c1-3-17-12-6-4-11(5-7-12)16-10(2)13-8-9-14(15)18-13/h4-10,16H,3H2,1-2H3. The maximum atomic E-state index is 5.42. The number of nitrogens with one attached hydrogen (secondary N) is 1. The van der Waals surface area contributed by atoms with Crippen molar-refractivity contribution in [3.8, 4) is 5.75 Å². The molecule has 1 N–H and O–H groups in total. The highest BCUT2D eigenvalue weighted by Gasteiger charge is 2.07. The molecule has 2 aromatic rings. The second kappa shape index (κ2) is 6.25. The summed E-state index contributed by atoms with van der Waals surface area (Å²) in [5.74, 6) is 0.912. The van der Waals surface area contributed by atoms with Crippen LogP contribution in [0.2, 0.25) is 0 Å². The van der Waals surface area contributed by atoms with E-state index in [4.69, 9.17) is 4.74 Å². The van der Waals surface area contributed by atoms with E-state index in [0.29, 0.717) is 12.6 Å². The van der Waals surface area contributed by atoms with Crippen molar-refractivity contribution in [1.82, 2.24) is 0 Å². The van der Waals surface area contributed by atoms with Gasteiger partial charge in [0.25, 0.3) is 0 Å². The van der Waals surface area contributed by atoms with E-state index in [1.54, 1.807) is 11.3 Å². The molecule has 2 rings (SSSR count). The lowest BCUT2D eigenvalue weighted by Crippen LogP contribution is -2.04. The molecule has 0 radical (unpaired) electrons. The van der Waals surface area contributed by atoms with Gasteiger partial charge in [-0.2, -0.15) is 0 Å². The van der Waals surface area contributed by atoms with Gasteiger partial charge in [0.1, 0.15) is 5.75 Å². The molecule has 1 atom stereocenters. The molecule has 18 heavy (non-hydrogen) atoms. The van der Waals surface area contributed by atoms with Crippen LogP contribution in [0.4, 0.5) is 5.69 Å². The highest BCUT2D eigenvalue weighted by atomic mass is 79.9. The first-order chi connectivity index (χ1) is 8.69. The monoisotopic (exact) mass is 325 g/mol. The van der Waals surface area contributed by atoms with E-state index in [2.05, 4.69) is 40.3 Å². The van der Waals surface area contributed by atoms with E-state index in [-0.39, 0.29) is 0 Å². The van der Waals surface area contributed by atoms with Crippen LogP contribution in [0.3, 0.4) is 0 Å². The molecule has 0 spiro atoms. The quantitative estimate of drug-likeness (QED) is 0.827. The average molecular weight is 326 g/mol. The Hall–Kier alpha value is -1.00. The van der Waals surface area contributed by atoms with Crippen LogP contribution < -0.4 is 10.1 Å². The predicted octanol–water partition coefficient (Wildman–Crippen LogP) is 5.08. The molecule has 0 amide bonds. The zero-order valence-corrected chi connectivity index (χ0v) is 12.8. The zero-order chi connectivity index (χ0) is 13.0. The van der Waals surface area contributed by atoms with Gasteiger partial charge in [-0.25, -0.2) is 0 Å². The molecule has 1 aromatic carbocycles. The van der Waals surface area contributed by atoms with Gasteiger partial charge >= 0.3 is 0 Å². The molecular weight excluding hydrogens is 310 g/mol. The molecule has 1 aromatic heterocycles. The Morgan fingerprint density at radius 1 is 1.22 bits per heavy atom. The largest absolute Gasteiger partial charge is 0.494 e. The van der Waals surface area contributed by atoms with Gasteiger partial charge in [0.05, 0.1) is 16.4 Å². The lowest BCUT2D eigenvalue weighted by atomic mass is 10.2. The lowest BCUT2D eigenvalue weighted by molar-refractivity contribution is 0.340. The summed E-state index contributed by atoms with van der Waals surface area (Å²) in [5.41, 5.74) is 1.11. The highest BCUT2D eigenvalue weighted by Crippen LogP contribution is 2.29. The van der Waals surface area contributed by atoms with E-state index in [9.17, 15) is 0 Å². The van der Waals surface area contributed by atoms with Gasteiger partial charge in [-0.3, -0.25) is 0 Å². The summed E-state index contributed by atoms with van der Waals surface area (Å²) in [6, 6.07) is 12.6. The summed E-state index contributed by atoms with van der Waals surface area (Å²) in [6.07, 6.45) is 0. The Morgan fingerprint density at radius 2 is 1.94 bits per heavy atom. The van der Waals surface area contributed by atoms with Gasteiger partial charge in [0.2, 0.25) is 0 Å². The van der Waals surface area contributed by atoms with Gasteiger partial charge in [0.15, 0.2) is 0 Å². The minimum atomic E-state index is 0.305. The molecule has 1 heterocycles. The van der Waals surface area contributed by atoms with Crippen molar-refractivity contribution < 1.29 is 4.74 Å². The van der Waals surface area contributed by atoms with E-state index in [0.717, 1.165) is 15.2 Å². The van der Waals surface area contributed by atoms with Crippen molar-refractivity contribution in [2.45, 2.75) is 19.9 Å². The molecule has 0 aliphatic carbocycles. The Morgan fingerprint density at radius 3 is 2.50 bits per heavy atom. The molecule has 0 aliphatic rings. The third-order valence-corrected chi connectivity index (χ3v) is 4.38. The van der Waals surface area contributed by atoms with E-state index in [1.807, 2.05) is 31.2 Å². The van der Waals surface area contributed by atoms with E-state index in [1.165, 1.54) is 4.88 Å². The number of rotatable bonds is 5. The summed E-state index contributed by atoms with van der Waals surface area (Å²) >= 11 is 5.24. The molecule has 4 heteroatoms. The molecule has 96 valence electrons. The van der Waals surface area contributed by atoms with Gasteiger partial charge < -0.3 is 10.1 Å². The lowest BCUT2D eigenvalue weighted by Gasteiger charge is -2.14. The fourth-order valence-corrected chi connectivity index (χ4v) is 3.12. The first-order valence-electron chi connectivity index (χ1n) is 5.93. The second-order valence-corrected chi connectivity index (χ2v) is 6.46. The molecular formula is C14H16BrNOS. The average Bonchev–Trinajstić information content (AvgIpc) is 2.79. The molecule has 0 fully saturated rings. The van der Waals surface area contributed by atoms with Gasteiger partial charge in [0, 0.05) is 10.6 Å². The Labute approximate surface area is 120 Å². The Bertz CT molecular complexity index is 495. The molecule has 0 bridgehead atoms. The van der Waals surface area contributed by atoms with Crippen molar-refractivity contribution in [3.05, 3.63) is 45.1 Å². The summed E-state index contributed by atoms with van der Waals surface area (Å²) in [7, 11) is 0. The summed E-state index contributed by atoms with van der Waals surface area (Å²) in [5, 5.41) is 3.47. The number of thiophene rings is 1. The smallest absolute Gasteiger partial charge is 0.119 e. The van der Waals surface area contributed by atoms with Crippen LogP contribution in [0, 0.1) is 0 Å². The first kappa shape index (κ1) is 13.4. The third kappa shape index (κ3) is 3.50. The van der Waals surface area contributed by atoms with Crippen LogP contribution in [0.25, 0.3) is 0 Å². The molecule has 0 aliphatic heterocycles. The molecule has 0 saturated carbocycles. The third-order valence-electron chi connectivity index (χ3n) is 2.57. The molecule has 0 saturated heterocycles. The van der Waals surface area contributed by atoms with Gasteiger partial charge in [-0.15, -0.1) is 11.3 Å². The molecule has 2 nitrogen and oxygen atoms in total. The van der Waals surface area contributed by atoms with Crippen molar-refractivity contribution >= 4 is 33.0 Å². The van der Waals surface area contributed by atoms with Crippen LogP contribution in [-0.4, -0.2) is 6.61 Å². The van der Waals surface area contributed by atoms with Gasteiger partial charge in [-0.05, 0) is 66.2 Å². The maximum absolute atomic E-state index is 5.42. The number of ether oxygens (including phenoxy) is 1. The fourth-order valence-electron chi connectivity index (χ4n) is 1.70. The maximum Gasteiger partial charge on any atom is 0.119 e. The van der Waals surface area contributed by atoms with E-state index >= 15 is 0 Å². The van der Waals surface area contributed by atoms with Crippen LogP contribution in [-0.2, 0) is 0 Å². The first-order valence-corrected chi connectivity index (χ1v) is 7.54. The highest BCUT2D eigenvalue weighted by molar-refractivity contribution is 9.11. The predicted molar refractivity (Wildman–Crippen MR) is 81.7 cm³/mol. The van der Waals surface area contributed by atoms with Crippen LogP contribution >= 0.6 is 27.3 Å². The van der Waals surface area contributed by atoms with Crippen molar-refractivity contribution in [3.63, 3.8) is 0 Å².